The predicted molar refractivity (Wildman–Crippen MR) is 130 cm³/mol. The van der Waals surface area contributed by atoms with Gasteiger partial charge in [-0.05, 0) is 55.3 Å². The van der Waals surface area contributed by atoms with Gasteiger partial charge in [-0.25, -0.2) is 9.97 Å². The highest BCUT2D eigenvalue weighted by atomic mass is 16.6. The number of fused-ring (bicyclic) bond motifs is 2. The van der Waals surface area contributed by atoms with Crippen LogP contribution in [0, 0.1) is 11.8 Å². The first-order valence-corrected chi connectivity index (χ1v) is 11.1. The molecule has 5 rings (SSSR count). The smallest absolute Gasteiger partial charge is 0.162 e. The topological polar surface area (TPSA) is 84.4 Å². The van der Waals surface area contributed by atoms with E-state index in [1.807, 2.05) is 66.9 Å². The van der Waals surface area contributed by atoms with Gasteiger partial charge in [0.05, 0.1) is 25.5 Å². The summed E-state index contributed by atoms with van der Waals surface area (Å²) in [6, 6.07) is 15.8. The summed E-state index contributed by atoms with van der Waals surface area (Å²) in [4.78, 5) is 9.07. The summed E-state index contributed by atoms with van der Waals surface area (Å²) in [5.74, 6) is 8.37. The first kappa shape index (κ1) is 21.8. The van der Waals surface area contributed by atoms with E-state index in [9.17, 15) is 0 Å². The van der Waals surface area contributed by atoms with Gasteiger partial charge in [0.2, 0.25) is 0 Å². The number of ether oxygens (including phenoxy) is 3. The Kier molecular flexibility index (Phi) is 5.60. The quantitative estimate of drug-likeness (QED) is 0.468. The van der Waals surface area contributed by atoms with Crippen molar-refractivity contribution in [3.8, 4) is 29.1 Å². The summed E-state index contributed by atoms with van der Waals surface area (Å²) in [6.45, 7) is 4.80. The van der Waals surface area contributed by atoms with Crippen molar-refractivity contribution in [1.82, 2.24) is 14.5 Å². The minimum atomic E-state index is -0.554. The van der Waals surface area contributed by atoms with Crippen molar-refractivity contribution >= 4 is 11.2 Å². The van der Waals surface area contributed by atoms with Crippen LogP contribution in [0.3, 0.4) is 0 Å². The van der Waals surface area contributed by atoms with Crippen LogP contribution in [0.1, 0.15) is 36.6 Å². The fourth-order valence-electron chi connectivity index (χ4n) is 3.76. The molecule has 3 heterocycles. The van der Waals surface area contributed by atoms with Crippen LogP contribution in [0.15, 0.2) is 61.1 Å². The third-order valence-electron chi connectivity index (χ3n) is 5.49. The van der Waals surface area contributed by atoms with Crippen molar-refractivity contribution in [1.29, 1.82) is 0 Å². The van der Waals surface area contributed by atoms with Crippen molar-refractivity contribution < 1.29 is 14.2 Å². The standard InChI is InChI=1S/C27H26N4O3/c1-27(2,28)11-10-18-12-22-26(29-14-18)31(17-30-22)15-19-4-9-23-24(13-19)33-16-25(34-23)20-5-7-21(32-3)8-6-20/h4-9,12-14,17,25H,15-16,28H2,1-3H3/t25-/m0/s1. The van der Waals surface area contributed by atoms with Gasteiger partial charge in [0.1, 0.15) is 17.9 Å². The van der Waals surface area contributed by atoms with Crippen LogP contribution in [0.5, 0.6) is 17.2 Å². The van der Waals surface area contributed by atoms with Crippen molar-refractivity contribution in [2.24, 2.45) is 5.73 Å². The number of aromatic nitrogens is 3. The van der Waals surface area contributed by atoms with E-state index in [1.54, 1.807) is 19.6 Å². The molecule has 0 radical (unpaired) electrons. The summed E-state index contributed by atoms with van der Waals surface area (Å²) in [6.07, 6.45) is 3.38. The van der Waals surface area contributed by atoms with Gasteiger partial charge in [-0.15, -0.1) is 0 Å². The van der Waals surface area contributed by atoms with Gasteiger partial charge in [0.15, 0.2) is 23.3 Å². The summed E-state index contributed by atoms with van der Waals surface area (Å²) in [7, 11) is 1.65. The Bertz CT molecular complexity index is 1390. The molecule has 0 fully saturated rings. The predicted octanol–water partition coefficient (Wildman–Crippen LogP) is 4.09. The van der Waals surface area contributed by atoms with Crippen LogP contribution in [0.4, 0.5) is 0 Å². The van der Waals surface area contributed by atoms with Crippen molar-refractivity contribution in [2.75, 3.05) is 13.7 Å². The van der Waals surface area contributed by atoms with E-state index in [1.165, 1.54) is 0 Å². The number of nitrogens with zero attached hydrogens (tertiary/aromatic N) is 3. The molecule has 0 spiro atoms. The monoisotopic (exact) mass is 454 g/mol. The van der Waals surface area contributed by atoms with Gasteiger partial charge >= 0.3 is 0 Å². The van der Waals surface area contributed by atoms with Gasteiger partial charge in [-0.2, -0.15) is 0 Å². The lowest BCUT2D eigenvalue weighted by Gasteiger charge is -2.27. The average Bonchev–Trinajstić information content (AvgIpc) is 3.24. The number of hydrogen-bond acceptors (Lipinski definition) is 6. The van der Waals surface area contributed by atoms with Gasteiger partial charge < -0.3 is 24.5 Å². The minimum Gasteiger partial charge on any atom is -0.497 e. The van der Waals surface area contributed by atoms with Crippen LogP contribution >= 0.6 is 0 Å². The third-order valence-corrected chi connectivity index (χ3v) is 5.49. The number of imidazole rings is 1. The number of pyridine rings is 1. The number of methoxy groups -OCH3 is 1. The first-order valence-electron chi connectivity index (χ1n) is 11.1. The number of hydrogen-bond donors (Lipinski definition) is 1. The Morgan fingerprint density at radius 3 is 2.71 bits per heavy atom. The van der Waals surface area contributed by atoms with Crippen LogP contribution in [0.2, 0.25) is 0 Å². The Labute approximate surface area is 198 Å². The lowest BCUT2D eigenvalue weighted by Crippen LogP contribution is -2.29. The molecule has 0 saturated heterocycles. The fourth-order valence-corrected chi connectivity index (χ4v) is 3.76. The van der Waals surface area contributed by atoms with Crippen LogP contribution in [-0.4, -0.2) is 33.8 Å². The molecule has 1 aliphatic heterocycles. The average molecular weight is 455 g/mol. The van der Waals surface area contributed by atoms with E-state index in [-0.39, 0.29) is 6.10 Å². The molecule has 0 unspecified atom stereocenters. The SMILES string of the molecule is COc1ccc([C@@H]2COc3cc(Cn4cnc5cc(C#CC(C)(C)N)cnc54)ccc3O2)cc1. The second-order valence-electron chi connectivity index (χ2n) is 8.88. The molecule has 1 aliphatic rings. The Morgan fingerprint density at radius 1 is 1.12 bits per heavy atom. The highest BCUT2D eigenvalue weighted by Crippen LogP contribution is 2.37. The second kappa shape index (κ2) is 8.73. The molecule has 0 aliphatic carbocycles. The fraction of sp³-hybridized carbons (Fsp3) is 0.259. The zero-order valence-corrected chi connectivity index (χ0v) is 19.4. The molecule has 1 atom stereocenters. The van der Waals surface area contributed by atoms with E-state index in [0.29, 0.717) is 13.2 Å². The second-order valence-corrected chi connectivity index (χ2v) is 8.88. The van der Waals surface area contributed by atoms with Crippen molar-refractivity contribution in [2.45, 2.75) is 32.0 Å². The molecule has 0 bridgehead atoms. The molecule has 7 heteroatoms. The maximum Gasteiger partial charge on any atom is 0.162 e. The molecule has 0 saturated carbocycles. The number of benzene rings is 2. The zero-order valence-electron chi connectivity index (χ0n) is 19.4. The molecular weight excluding hydrogens is 428 g/mol. The van der Waals surface area contributed by atoms with Crippen LogP contribution < -0.4 is 19.9 Å². The molecule has 4 aromatic rings. The van der Waals surface area contributed by atoms with E-state index >= 15 is 0 Å². The summed E-state index contributed by atoms with van der Waals surface area (Å²) >= 11 is 0. The Balaban J connectivity index is 1.32. The minimum absolute atomic E-state index is 0.159. The molecule has 2 N–H and O–H groups in total. The summed E-state index contributed by atoms with van der Waals surface area (Å²) in [5, 5.41) is 0. The molecular formula is C27H26N4O3. The highest BCUT2D eigenvalue weighted by molar-refractivity contribution is 5.72. The molecule has 34 heavy (non-hydrogen) atoms. The van der Waals surface area contributed by atoms with Crippen LogP contribution in [0.25, 0.3) is 11.2 Å². The Hall–Kier alpha value is -4.02. The highest BCUT2D eigenvalue weighted by Gasteiger charge is 2.23. The lowest BCUT2D eigenvalue weighted by molar-refractivity contribution is 0.0911. The van der Waals surface area contributed by atoms with Gasteiger partial charge in [-0.3, -0.25) is 0 Å². The normalized spacial score (nSPS) is 15.0. The molecule has 7 nitrogen and oxygen atoms in total. The van der Waals surface area contributed by atoms with E-state index in [4.69, 9.17) is 19.9 Å². The first-order chi connectivity index (χ1) is 16.4. The third kappa shape index (κ3) is 4.68. The van der Waals surface area contributed by atoms with E-state index < -0.39 is 5.54 Å². The van der Waals surface area contributed by atoms with Crippen LogP contribution in [-0.2, 0) is 6.54 Å². The van der Waals surface area contributed by atoms with Gasteiger partial charge in [0.25, 0.3) is 0 Å². The van der Waals surface area contributed by atoms with E-state index in [2.05, 4.69) is 21.8 Å². The molecule has 2 aromatic heterocycles. The van der Waals surface area contributed by atoms with Crippen molar-refractivity contribution in [3.63, 3.8) is 0 Å². The largest absolute Gasteiger partial charge is 0.497 e. The summed E-state index contributed by atoms with van der Waals surface area (Å²) < 4.78 is 19.5. The zero-order chi connectivity index (χ0) is 23.7. The molecule has 172 valence electrons. The number of nitrogens with two attached hydrogens (primary N) is 1. The van der Waals surface area contributed by atoms with Gasteiger partial charge in [-0.1, -0.05) is 30.0 Å². The maximum atomic E-state index is 6.19. The van der Waals surface area contributed by atoms with Gasteiger partial charge in [0, 0.05) is 11.8 Å². The number of rotatable bonds is 4. The maximum absolute atomic E-state index is 6.19. The molecule has 2 aromatic carbocycles. The van der Waals surface area contributed by atoms with Crippen molar-refractivity contribution in [3.05, 3.63) is 77.7 Å². The summed E-state index contributed by atoms with van der Waals surface area (Å²) in [5.41, 5.74) is 9.89. The van der Waals surface area contributed by atoms with E-state index in [0.717, 1.165) is 45.1 Å². The molecule has 0 amide bonds. The Morgan fingerprint density at radius 2 is 1.94 bits per heavy atom. The lowest BCUT2D eigenvalue weighted by atomic mass is 10.1.